The van der Waals surface area contributed by atoms with Crippen molar-refractivity contribution in [3.05, 3.63) is 0 Å². The van der Waals surface area contributed by atoms with Crippen molar-refractivity contribution >= 4 is 35.4 Å². The van der Waals surface area contributed by atoms with E-state index < -0.39 is 17.5 Å². The first-order chi connectivity index (χ1) is 21.0. The molecule has 0 aliphatic rings. The topological polar surface area (TPSA) is 178 Å². The van der Waals surface area contributed by atoms with E-state index in [0.29, 0.717) is 45.6 Å². The molecule has 0 aliphatic carbocycles. The van der Waals surface area contributed by atoms with Crippen molar-refractivity contribution in [1.82, 2.24) is 5.32 Å². The molecule has 13 heteroatoms. The summed E-state index contributed by atoms with van der Waals surface area (Å²) in [6, 6.07) is 0. The Morgan fingerprint density at radius 1 is 0.711 bits per heavy atom. The Labute approximate surface area is 267 Å². The van der Waals surface area contributed by atoms with Gasteiger partial charge in [-0.05, 0) is 52.4 Å². The highest BCUT2D eigenvalue weighted by atomic mass is 16.6. The van der Waals surface area contributed by atoms with Gasteiger partial charge in [0.2, 0.25) is 5.91 Å². The molecule has 1 atom stereocenters. The molecule has 0 aromatic rings. The van der Waals surface area contributed by atoms with Gasteiger partial charge in [-0.25, -0.2) is 0 Å². The van der Waals surface area contributed by atoms with Crippen molar-refractivity contribution in [1.29, 1.82) is 0 Å². The van der Waals surface area contributed by atoms with E-state index in [1.807, 2.05) is 0 Å². The van der Waals surface area contributed by atoms with Crippen LogP contribution in [0.5, 0.6) is 0 Å². The van der Waals surface area contributed by atoms with Gasteiger partial charge in [0, 0.05) is 38.8 Å². The maximum Gasteiger partial charge on any atom is 0.373 e. The molecular weight excluding hydrogens is 590 g/mol. The second kappa shape index (κ2) is 26.4. The van der Waals surface area contributed by atoms with Crippen LogP contribution >= 0.6 is 0 Å². The van der Waals surface area contributed by atoms with E-state index in [1.54, 1.807) is 20.8 Å². The van der Waals surface area contributed by atoms with Gasteiger partial charge in [-0.3, -0.25) is 24.0 Å². The molecule has 0 aromatic carbocycles. The molecule has 0 saturated heterocycles. The Balaban J connectivity index is 0. The third-order valence-corrected chi connectivity index (χ3v) is 5.71. The van der Waals surface area contributed by atoms with Gasteiger partial charge in [-0.1, -0.05) is 20.8 Å². The first-order valence-corrected chi connectivity index (χ1v) is 15.3. The molecule has 0 bridgehead atoms. The predicted octanol–water partition coefficient (Wildman–Crippen LogP) is 3.05. The molecule has 45 heavy (non-hydrogen) atoms. The number of ether oxygens (including phenoxy) is 5. The molecule has 0 spiro atoms. The van der Waals surface area contributed by atoms with Crippen molar-refractivity contribution in [2.24, 2.45) is 11.3 Å². The molecule has 1 N–H and O–H groups in total. The number of hydrogen-bond acceptors (Lipinski definition) is 12. The fourth-order valence-corrected chi connectivity index (χ4v) is 3.52. The Bertz CT molecular complexity index is 899. The van der Waals surface area contributed by atoms with Crippen molar-refractivity contribution in [2.75, 3.05) is 59.4 Å². The van der Waals surface area contributed by atoms with Gasteiger partial charge in [-0.15, -0.1) is 0 Å². The fourth-order valence-electron chi connectivity index (χ4n) is 3.52. The summed E-state index contributed by atoms with van der Waals surface area (Å²) in [7, 11) is 0. The zero-order valence-corrected chi connectivity index (χ0v) is 28.3. The Morgan fingerprint density at radius 2 is 1.27 bits per heavy atom. The van der Waals surface area contributed by atoms with Crippen LogP contribution in [0.3, 0.4) is 0 Å². The number of hydrogen-bond donors (Lipinski definition) is 1. The minimum atomic E-state index is -0.677. The van der Waals surface area contributed by atoms with Gasteiger partial charge >= 0.3 is 12.1 Å². The SMILES string of the molecule is CC(=O)COCCOCCCC(=O)COCCOCCNC(=O)CC[C@H](CC(=O)CCC(C)(C)C)C(=O)OC(C)(C)C.O=C=O. The number of ketones is 3. The van der Waals surface area contributed by atoms with Crippen LogP contribution in [-0.4, -0.2) is 100 Å². The second-order valence-electron chi connectivity index (χ2n) is 12.7. The molecule has 0 aromatic heterocycles. The number of amides is 1. The van der Waals surface area contributed by atoms with Crippen LogP contribution in [0, 0.1) is 11.3 Å². The number of esters is 1. The summed E-state index contributed by atoms with van der Waals surface area (Å²) in [5, 5.41) is 2.75. The lowest BCUT2D eigenvalue weighted by Crippen LogP contribution is -2.32. The first kappa shape index (κ1) is 44.3. The standard InChI is InChI=1S/C31H55NO10.CO2/c1-24(33)22-40-19-17-38-15-8-9-27(35)23-41-20-18-39-16-14-32-28(36)11-10-25(29(37)42-31(5,6)7)21-26(34)12-13-30(2,3)4;2-1-3/h25H,8-23H2,1-7H3,(H,32,36);/t25-;/m1./s1. The first-order valence-electron chi connectivity index (χ1n) is 15.3. The quantitative estimate of drug-likeness (QED) is 0.114. The largest absolute Gasteiger partial charge is 0.460 e. The maximum atomic E-state index is 12.7. The van der Waals surface area contributed by atoms with E-state index in [2.05, 4.69) is 26.1 Å². The molecular formula is C32H55NO12. The van der Waals surface area contributed by atoms with Crippen LogP contribution in [0.2, 0.25) is 0 Å². The minimum absolute atomic E-state index is 0.000653. The van der Waals surface area contributed by atoms with Gasteiger partial charge in [0.05, 0.1) is 39.0 Å². The van der Waals surface area contributed by atoms with Crippen LogP contribution in [0.4, 0.5) is 0 Å². The lowest BCUT2D eigenvalue weighted by atomic mass is 9.87. The fraction of sp³-hybridized carbons (Fsp3) is 0.812. The molecule has 0 unspecified atom stereocenters. The predicted molar refractivity (Wildman–Crippen MR) is 163 cm³/mol. The monoisotopic (exact) mass is 645 g/mol. The van der Waals surface area contributed by atoms with Crippen LogP contribution in [0.25, 0.3) is 0 Å². The zero-order valence-electron chi connectivity index (χ0n) is 28.3. The molecule has 260 valence electrons. The number of carbonyl (C=O) groups excluding carboxylic acids is 7. The molecule has 0 heterocycles. The van der Waals surface area contributed by atoms with Crippen LogP contribution in [0.15, 0.2) is 0 Å². The molecule has 0 rings (SSSR count). The number of nitrogens with one attached hydrogen (secondary N) is 1. The highest BCUT2D eigenvalue weighted by molar-refractivity contribution is 5.85. The van der Waals surface area contributed by atoms with E-state index in [-0.39, 0.29) is 87.1 Å². The second-order valence-corrected chi connectivity index (χ2v) is 12.7. The number of Topliss-reactive ketones (excluding diaryl/α,β-unsaturated/α-hetero) is 3. The van der Waals surface area contributed by atoms with Crippen LogP contribution in [0.1, 0.15) is 93.4 Å². The summed E-state index contributed by atoms with van der Waals surface area (Å²) in [6.45, 7) is 15.3. The summed E-state index contributed by atoms with van der Waals surface area (Å²) >= 11 is 0. The van der Waals surface area contributed by atoms with E-state index in [1.165, 1.54) is 6.92 Å². The van der Waals surface area contributed by atoms with Crippen molar-refractivity contribution in [3.63, 3.8) is 0 Å². The lowest BCUT2D eigenvalue weighted by molar-refractivity contribution is -0.191. The maximum absolute atomic E-state index is 12.7. The highest BCUT2D eigenvalue weighted by Gasteiger charge is 2.28. The highest BCUT2D eigenvalue weighted by Crippen LogP contribution is 2.24. The lowest BCUT2D eigenvalue weighted by Gasteiger charge is -2.24. The van der Waals surface area contributed by atoms with E-state index >= 15 is 0 Å². The van der Waals surface area contributed by atoms with Crippen molar-refractivity contribution in [3.8, 4) is 0 Å². The average Bonchev–Trinajstić information content (AvgIpc) is 2.91. The Kier molecular flexibility index (Phi) is 26.0. The molecule has 13 nitrogen and oxygen atoms in total. The smallest absolute Gasteiger partial charge is 0.373 e. The van der Waals surface area contributed by atoms with Gasteiger partial charge in [-0.2, -0.15) is 9.59 Å². The molecule has 0 saturated carbocycles. The molecule has 0 fully saturated rings. The molecule has 1 amide bonds. The summed E-state index contributed by atoms with van der Waals surface area (Å²) in [6.07, 6.45) is 2.69. The average molecular weight is 646 g/mol. The van der Waals surface area contributed by atoms with E-state index in [0.717, 1.165) is 6.42 Å². The summed E-state index contributed by atoms with van der Waals surface area (Å²) in [5.74, 6) is -1.42. The van der Waals surface area contributed by atoms with Gasteiger partial charge in [0.25, 0.3) is 0 Å². The third kappa shape index (κ3) is 33.9. The van der Waals surface area contributed by atoms with E-state index in [9.17, 15) is 24.0 Å². The normalized spacial score (nSPS) is 11.9. The summed E-state index contributed by atoms with van der Waals surface area (Å²) in [4.78, 5) is 76.3. The van der Waals surface area contributed by atoms with Crippen LogP contribution < -0.4 is 5.32 Å². The zero-order chi connectivity index (χ0) is 34.7. The van der Waals surface area contributed by atoms with Crippen molar-refractivity contribution in [2.45, 2.75) is 99.0 Å². The van der Waals surface area contributed by atoms with Crippen LogP contribution in [-0.2, 0) is 57.2 Å². The summed E-state index contributed by atoms with van der Waals surface area (Å²) in [5.41, 5.74) is -0.655. The molecule has 0 aliphatic heterocycles. The van der Waals surface area contributed by atoms with E-state index in [4.69, 9.17) is 33.3 Å². The van der Waals surface area contributed by atoms with Gasteiger partial charge in [0.15, 0.2) is 11.6 Å². The molecule has 0 radical (unpaired) electrons. The summed E-state index contributed by atoms with van der Waals surface area (Å²) < 4.78 is 26.7. The number of rotatable bonds is 25. The van der Waals surface area contributed by atoms with Crippen molar-refractivity contribution < 1.29 is 57.2 Å². The van der Waals surface area contributed by atoms with Gasteiger partial charge < -0.3 is 29.0 Å². The number of carbonyl (C=O) groups is 5. The Hall–Kier alpha value is -2.83. The van der Waals surface area contributed by atoms with Gasteiger partial charge in [0.1, 0.15) is 24.6 Å². The minimum Gasteiger partial charge on any atom is -0.460 e. The Morgan fingerprint density at radius 3 is 1.82 bits per heavy atom. The third-order valence-electron chi connectivity index (χ3n) is 5.71.